The van der Waals surface area contributed by atoms with Gasteiger partial charge in [-0.25, -0.2) is 23.7 Å². The first-order valence-electron chi connectivity index (χ1n) is 18.3. The standard InChI is InChI=1S/C39H45F3N8O2/c1-8-43-36(51)24-12-27(31(41)30(40)20(24)4)46-35-32-28(44-18-49(32)19(2)3)14-26(45-35)25-13-29-33(47-34(25)42)38(5,6)37(52)50(29)23-15-39(7,16-23)48-10-9-21-11-22(21)17-48/h12-14,18-19,21-23H,8-11,15-17H2,1-7H3,(H,43,51)(H,45,46). The van der Waals surface area contributed by atoms with Crippen LogP contribution < -0.4 is 15.5 Å². The molecular formula is C39H45F3N8O2. The molecule has 3 fully saturated rings. The Morgan fingerprint density at radius 3 is 2.50 bits per heavy atom. The number of anilines is 3. The monoisotopic (exact) mass is 714 g/mol. The molecule has 2 saturated carbocycles. The van der Waals surface area contributed by atoms with Crippen LogP contribution in [-0.4, -0.2) is 67.4 Å². The van der Waals surface area contributed by atoms with Crippen LogP contribution in [0.25, 0.3) is 22.3 Å². The van der Waals surface area contributed by atoms with Crippen LogP contribution in [0.4, 0.5) is 30.4 Å². The number of benzene rings is 1. The highest BCUT2D eigenvalue weighted by Gasteiger charge is 2.56. The van der Waals surface area contributed by atoms with E-state index in [0.717, 1.165) is 37.8 Å². The minimum Gasteiger partial charge on any atom is -0.352 e. The average Bonchev–Trinajstić information content (AvgIpc) is 3.69. The summed E-state index contributed by atoms with van der Waals surface area (Å²) in [6.07, 6.45) is 5.81. The van der Waals surface area contributed by atoms with Crippen molar-refractivity contribution in [3.8, 4) is 11.3 Å². The second-order valence-corrected chi connectivity index (χ2v) is 16.2. The molecule has 13 heteroatoms. The number of fused-ring (bicyclic) bond motifs is 3. The molecule has 2 amide bonds. The van der Waals surface area contributed by atoms with E-state index in [9.17, 15) is 9.59 Å². The summed E-state index contributed by atoms with van der Waals surface area (Å²) in [4.78, 5) is 45.0. The van der Waals surface area contributed by atoms with Crippen molar-refractivity contribution in [1.82, 2.24) is 29.7 Å². The summed E-state index contributed by atoms with van der Waals surface area (Å²) in [7, 11) is 0. The first kappa shape index (κ1) is 34.6. The van der Waals surface area contributed by atoms with Gasteiger partial charge in [0.15, 0.2) is 17.5 Å². The van der Waals surface area contributed by atoms with Crippen molar-refractivity contribution in [1.29, 1.82) is 0 Å². The van der Waals surface area contributed by atoms with Crippen LogP contribution in [0.15, 0.2) is 24.5 Å². The average molecular weight is 715 g/mol. The smallest absolute Gasteiger partial charge is 0.251 e. The first-order valence-corrected chi connectivity index (χ1v) is 18.3. The highest BCUT2D eigenvalue weighted by molar-refractivity contribution is 6.08. The number of carbonyl (C=O) groups is 2. The van der Waals surface area contributed by atoms with Gasteiger partial charge in [-0.05, 0) is 111 Å². The van der Waals surface area contributed by atoms with Gasteiger partial charge in [-0.3, -0.25) is 14.5 Å². The third-order valence-electron chi connectivity index (χ3n) is 12.0. The maximum Gasteiger partial charge on any atom is 0.251 e. The Labute approximate surface area is 301 Å². The molecule has 52 heavy (non-hydrogen) atoms. The van der Waals surface area contributed by atoms with Crippen LogP contribution in [-0.2, 0) is 10.2 Å². The molecule has 0 radical (unpaired) electrons. The van der Waals surface area contributed by atoms with Crippen molar-refractivity contribution in [2.24, 2.45) is 11.8 Å². The van der Waals surface area contributed by atoms with Gasteiger partial charge in [-0.1, -0.05) is 0 Å². The molecule has 274 valence electrons. The number of hydrogen-bond acceptors (Lipinski definition) is 7. The Morgan fingerprint density at radius 1 is 1.06 bits per heavy atom. The Hall–Kier alpha value is -4.52. The highest BCUT2D eigenvalue weighted by atomic mass is 19.2. The molecule has 1 saturated heterocycles. The maximum atomic E-state index is 16.2. The van der Waals surface area contributed by atoms with Gasteiger partial charge >= 0.3 is 0 Å². The van der Waals surface area contributed by atoms with E-state index in [1.54, 1.807) is 39.2 Å². The number of likely N-dealkylation sites (tertiary alicyclic amines) is 1. The van der Waals surface area contributed by atoms with Crippen LogP contribution in [0.3, 0.4) is 0 Å². The highest BCUT2D eigenvalue weighted by Crippen LogP contribution is 2.53. The molecule has 0 bridgehead atoms. The number of hydrogen-bond donors (Lipinski definition) is 2. The summed E-state index contributed by atoms with van der Waals surface area (Å²) in [5, 5.41) is 5.55. The fraction of sp³-hybridized carbons (Fsp3) is 0.513. The summed E-state index contributed by atoms with van der Waals surface area (Å²) in [5.41, 5.74) is 0.567. The molecule has 10 nitrogen and oxygen atoms in total. The van der Waals surface area contributed by atoms with Crippen LogP contribution in [0.5, 0.6) is 0 Å². The maximum absolute atomic E-state index is 16.2. The minimum absolute atomic E-state index is 0.00585. The fourth-order valence-corrected chi connectivity index (χ4v) is 8.75. The summed E-state index contributed by atoms with van der Waals surface area (Å²) in [6.45, 7) is 15.3. The van der Waals surface area contributed by atoms with Crippen LogP contribution >= 0.6 is 0 Å². The van der Waals surface area contributed by atoms with Crippen molar-refractivity contribution in [3.05, 3.63) is 58.9 Å². The van der Waals surface area contributed by atoms with Crippen molar-refractivity contribution in [2.45, 2.75) is 97.2 Å². The number of rotatable bonds is 8. The van der Waals surface area contributed by atoms with Gasteiger partial charge in [0.2, 0.25) is 11.9 Å². The number of imidazole rings is 1. The van der Waals surface area contributed by atoms with E-state index in [-0.39, 0.29) is 57.4 Å². The van der Waals surface area contributed by atoms with Crippen LogP contribution in [0, 0.1) is 36.3 Å². The van der Waals surface area contributed by atoms with E-state index in [2.05, 4.69) is 32.4 Å². The number of halogens is 3. The molecule has 2 N–H and O–H groups in total. The van der Waals surface area contributed by atoms with Gasteiger partial charge in [0.25, 0.3) is 5.91 Å². The lowest BCUT2D eigenvalue weighted by Crippen LogP contribution is -2.64. The minimum atomic E-state index is -1.18. The van der Waals surface area contributed by atoms with Gasteiger partial charge in [-0.2, -0.15) is 4.39 Å². The lowest BCUT2D eigenvalue weighted by molar-refractivity contribution is -0.124. The number of aromatic nitrogens is 4. The number of nitrogens with zero attached hydrogens (tertiary/aromatic N) is 6. The Balaban J connectivity index is 1.20. The zero-order chi connectivity index (χ0) is 37.0. The normalized spacial score (nSPS) is 24.9. The molecule has 4 aromatic rings. The summed E-state index contributed by atoms with van der Waals surface area (Å²) in [6, 6.07) is 4.38. The van der Waals surface area contributed by atoms with Crippen LogP contribution in [0.2, 0.25) is 0 Å². The second-order valence-electron chi connectivity index (χ2n) is 16.2. The molecule has 2 aliphatic carbocycles. The molecule has 3 aromatic heterocycles. The van der Waals surface area contributed by atoms with Gasteiger partial charge < -0.3 is 20.1 Å². The molecular weight excluding hydrogens is 669 g/mol. The molecule has 2 unspecified atom stereocenters. The largest absolute Gasteiger partial charge is 0.352 e. The topological polar surface area (TPSA) is 108 Å². The van der Waals surface area contributed by atoms with E-state index in [0.29, 0.717) is 29.0 Å². The number of carbonyl (C=O) groups excluding carboxylic acids is 2. The van der Waals surface area contributed by atoms with Gasteiger partial charge in [0, 0.05) is 41.8 Å². The predicted octanol–water partition coefficient (Wildman–Crippen LogP) is 7.18. The number of pyridine rings is 2. The molecule has 5 heterocycles. The summed E-state index contributed by atoms with van der Waals surface area (Å²) < 4.78 is 48.8. The van der Waals surface area contributed by atoms with Crippen molar-refractivity contribution >= 4 is 40.0 Å². The zero-order valence-corrected chi connectivity index (χ0v) is 30.7. The number of nitrogens with one attached hydrogen (secondary N) is 2. The molecule has 2 aliphatic heterocycles. The lowest BCUT2D eigenvalue weighted by Gasteiger charge is -2.55. The third kappa shape index (κ3) is 5.29. The molecule has 8 rings (SSSR count). The molecule has 4 aliphatic rings. The van der Waals surface area contributed by atoms with Crippen molar-refractivity contribution in [3.63, 3.8) is 0 Å². The van der Waals surface area contributed by atoms with E-state index >= 15 is 13.2 Å². The van der Waals surface area contributed by atoms with Gasteiger partial charge in [0.05, 0.1) is 45.6 Å². The van der Waals surface area contributed by atoms with Crippen molar-refractivity contribution in [2.75, 3.05) is 29.9 Å². The molecule has 1 aromatic carbocycles. The first-order chi connectivity index (χ1) is 24.6. The third-order valence-corrected chi connectivity index (χ3v) is 12.0. The Morgan fingerprint density at radius 2 is 1.81 bits per heavy atom. The summed E-state index contributed by atoms with van der Waals surface area (Å²) >= 11 is 0. The fourth-order valence-electron chi connectivity index (χ4n) is 8.75. The SMILES string of the molecule is CCNC(=O)c1cc(Nc2nc(-c3cc4c(nc3F)C(C)(C)C(=O)N4C3CC(C)(N4CCC5CC5C4)C3)cc3ncn(C(C)C)c23)c(F)c(F)c1C. The quantitative estimate of drug-likeness (QED) is 0.186. The van der Waals surface area contributed by atoms with Crippen molar-refractivity contribution < 1.29 is 22.8 Å². The zero-order valence-electron chi connectivity index (χ0n) is 30.7. The van der Waals surface area contributed by atoms with E-state index < -0.39 is 28.9 Å². The summed E-state index contributed by atoms with van der Waals surface area (Å²) in [5.74, 6) is -2.04. The van der Waals surface area contributed by atoms with Gasteiger partial charge in [-0.15, -0.1) is 0 Å². The molecule has 2 atom stereocenters. The van der Waals surface area contributed by atoms with Gasteiger partial charge in [0.1, 0.15) is 5.52 Å². The number of piperidine rings is 1. The number of amides is 2. The van der Waals surface area contributed by atoms with E-state index in [1.165, 1.54) is 25.8 Å². The Bertz CT molecular complexity index is 2160. The lowest BCUT2D eigenvalue weighted by atomic mass is 9.71. The second kappa shape index (κ2) is 12.0. The molecule has 0 spiro atoms. The van der Waals surface area contributed by atoms with Crippen LogP contribution in [0.1, 0.15) is 94.9 Å². The van der Waals surface area contributed by atoms with E-state index in [1.807, 2.05) is 23.3 Å². The predicted molar refractivity (Wildman–Crippen MR) is 193 cm³/mol. The Kier molecular flexibility index (Phi) is 7.98. The van der Waals surface area contributed by atoms with E-state index in [4.69, 9.17) is 4.98 Å².